The molecule has 2 fully saturated rings. The quantitative estimate of drug-likeness (QED) is 0.702. The second-order valence-electron chi connectivity index (χ2n) is 7.88. The van der Waals surface area contributed by atoms with E-state index in [2.05, 4.69) is 45.7 Å². The number of nitrogens with one attached hydrogen (secondary N) is 1. The van der Waals surface area contributed by atoms with Gasteiger partial charge in [0.05, 0.1) is 30.5 Å². The number of nitrogens with zero attached hydrogens (tertiary/aromatic N) is 3. The Hall–Kier alpha value is -1.96. The van der Waals surface area contributed by atoms with Gasteiger partial charge in [-0.1, -0.05) is 6.07 Å². The molecule has 0 amide bonds. The highest BCUT2D eigenvalue weighted by atomic mass is 32.1. The Labute approximate surface area is 178 Å². The molecule has 0 spiro atoms. The molecule has 4 heterocycles. The number of hydrogen-bond acceptors (Lipinski definition) is 4. The van der Waals surface area contributed by atoms with Crippen LogP contribution >= 0.6 is 12.2 Å². The predicted molar refractivity (Wildman–Crippen MR) is 117 cm³/mol. The number of rotatable bonds is 7. The molecule has 0 aromatic carbocycles. The van der Waals surface area contributed by atoms with E-state index >= 15 is 0 Å². The van der Waals surface area contributed by atoms with Crippen molar-refractivity contribution in [1.82, 2.24) is 19.8 Å². The summed E-state index contributed by atoms with van der Waals surface area (Å²) in [5, 5.41) is 4.33. The van der Waals surface area contributed by atoms with Crippen molar-refractivity contribution >= 4 is 17.3 Å². The topological polar surface area (TPSA) is 51.5 Å². The summed E-state index contributed by atoms with van der Waals surface area (Å²) in [6, 6.07) is 8.46. The molecule has 0 aliphatic carbocycles. The fraction of sp³-hybridized carbons (Fsp3) is 0.545. The fourth-order valence-electron chi connectivity index (χ4n) is 4.60. The molecule has 2 saturated heterocycles. The SMILES string of the molecule is COCCn1c(C)cc([C@@H]2[C@@H](c3ccccn3)NC(=S)N2C[C@@H]2CCCO2)c1C. The Bertz CT molecular complexity index is 848. The van der Waals surface area contributed by atoms with Gasteiger partial charge in [-0.2, -0.15) is 0 Å². The minimum Gasteiger partial charge on any atom is -0.383 e. The van der Waals surface area contributed by atoms with Gasteiger partial charge < -0.3 is 24.3 Å². The summed E-state index contributed by atoms with van der Waals surface area (Å²) in [6.45, 7) is 7.55. The number of hydrogen-bond donors (Lipinski definition) is 1. The number of ether oxygens (including phenoxy) is 2. The predicted octanol–water partition coefficient (Wildman–Crippen LogP) is 3.30. The van der Waals surface area contributed by atoms with E-state index in [4.69, 9.17) is 21.7 Å². The van der Waals surface area contributed by atoms with Crippen LogP contribution in [0.2, 0.25) is 0 Å². The van der Waals surface area contributed by atoms with Crippen LogP contribution in [-0.2, 0) is 16.0 Å². The van der Waals surface area contributed by atoms with Crippen molar-refractivity contribution in [3.8, 4) is 0 Å². The van der Waals surface area contributed by atoms with Gasteiger partial charge in [0.1, 0.15) is 0 Å². The van der Waals surface area contributed by atoms with E-state index in [9.17, 15) is 0 Å². The highest BCUT2D eigenvalue weighted by Crippen LogP contribution is 2.41. The number of aromatic nitrogens is 2. The van der Waals surface area contributed by atoms with Gasteiger partial charge in [-0.15, -0.1) is 0 Å². The smallest absolute Gasteiger partial charge is 0.170 e. The summed E-state index contributed by atoms with van der Waals surface area (Å²) in [5.41, 5.74) is 4.80. The third-order valence-electron chi connectivity index (χ3n) is 6.07. The zero-order valence-electron chi connectivity index (χ0n) is 17.4. The lowest BCUT2D eigenvalue weighted by molar-refractivity contribution is 0.0841. The second kappa shape index (κ2) is 8.81. The maximum absolute atomic E-state index is 5.93. The highest BCUT2D eigenvalue weighted by molar-refractivity contribution is 7.80. The van der Waals surface area contributed by atoms with Crippen molar-refractivity contribution in [3.63, 3.8) is 0 Å². The monoisotopic (exact) mass is 414 g/mol. The average Bonchev–Trinajstić information content (AvgIpc) is 3.42. The van der Waals surface area contributed by atoms with Crippen LogP contribution in [0.3, 0.4) is 0 Å². The molecule has 2 aliphatic heterocycles. The molecule has 0 bridgehead atoms. The maximum atomic E-state index is 5.93. The molecule has 6 nitrogen and oxygen atoms in total. The molecule has 0 saturated carbocycles. The molecule has 0 unspecified atom stereocenters. The standard InChI is InChI=1S/C22H30N4O2S/c1-15-13-18(16(2)25(15)10-12-27-3)21-20(19-8-4-5-9-23-19)24-22(29)26(21)14-17-7-6-11-28-17/h4-5,8-9,13,17,20-21H,6-7,10-12,14H2,1-3H3,(H,24,29)/t17-,20+,21+/m0/s1. The van der Waals surface area contributed by atoms with Crippen molar-refractivity contribution in [3.05, 3.63) is 53.1 Å². The lowest BCUT2D eigenvalue weighted by Crippen LogP contribution is -2.36. The van der Waals surface area contributed by atoms with E-state index in [0.717, 1.165) is 43.3 Å². The van der Waals surface area contributed by atoms with Gasteiger partial charge in [0.15, 0.2) is 5.11 Å². The maximum Gasteiger partial charge on any atom is 0.170 e. The summed E-state index contributed by atoms with van der Waals surface area (Å²) in [7, 11) is 1.74. The number of aryl methyl sites for hydroxylation is 1. The first-order valence-electron chi connectivity index (χ1n) is 10.4. The summed E-state index contributed by atoms with van der Waals surface area (Å²) in [6.07, 6.45) is 4.30. The second-order valence-corrected chi connectivity index (χ2v) is 8.27. The van der Waals surface area contributed by atoms with Crippen LogP contribution in [0, 0.1) is 13.8 Å². The third kappa shape index (κ3) is 4.04. The molecule has 2 aromatic rings. The summed E-state index contributed by atoms with van der Waals surface area (Å²) < 4.78 is 13.6. The van der Waals surface area contributed by atoms with Crippen molar-refractivity contribution in [2.24, 2.45) is 0 Å². The van der Waals surface area contributed by atoms with E-state index in [0.29, 0.717) is 6.61 Å². The van der Waals surface area contributed by atoms with Crippen LogP contribution in [0.15, 0.2) is 30.5 Å². The molecule has 2 aliphatic rings. The normalized spacial score (nSPS) is 24.3. The van der Waals surface area contributed by atoms with E-state index in [1.54, 1.807) is 7.11 Å². The third-order valence-corrected chi connectivity index (χ3v) is 6.42. The number of thiocarbonyl (C=S) groups is 1. The minimum absolute atomic E-state index is 0.0153. The van der Waals surface area contributed by atoms with Gasteiger partial charge in [-0.05, 0) is 62.7 Å². The van der Waals surface area contributed by atoms with Gasteiger partial charge in [-0.25, -0.2) is 0 Å². The first-order chi connectivity index (χ1) is 14.1. The Morgan fingerprint density at radius 1 is 1.34 bits per heavy atom. The lowest BCUT2D eigenvalue weighted by atomic mass is 9.96. The zero-order valence-corrected chi connectivity index (χ0v) is 18.2. The van der Waals surface area contributed by atoms with Crippen LogP contribution in [-0.4, -0.2) is 52.5 Å². The fourth-order valence-corrected chi connectivity index (χ4v) is 4.92. The molecule has 1 N–H and O–H groups in total. The van der Waals surface area contributed by atoms with Gasteiger partial charge in [0.2, 0.25) is 0 Å². The molecule has 0 radical (unpaired) electrons. The minimum atomic E-state index is 0.0153. The molecular weight excluding hydrogens is 384 g/mol. The highest BCUT2D eigenvalue weighted by Gasteiger charge is 2.42. The van der Waals surface area contributed by atoms with Crippen LogP contribution in [0.5, 0.6) is 0 Å². The van der Waals surface area contributed by atoms with Crippen molar-refractivity contribution in [1.29, 1.82) is 0 Å². The molecule has 29 heavy (non-hydrogen) atoms. The average molecular weight is 415 g/mol. The Morgan fingerprint density at radius 2 is 2.21 bits per heavy atom. The zero-order chi connectivity index (χ0) is 20.4. The first kappa shape index (κ1) is 20.3. The largest absolute Gasteiger partial charge is 0.383 e. The van der Waals surface area contributed by atoms with E-state index < -0.39 is 0 Å². The van der Waals surface area contributed by atoms with Gasteiger partial charge >= 0.3 is 0 Å². The van der Waals surface area contributed by atoms with Gasteiger partial charge in [0.25, 0.3) is 0 Å². The summed E-state index contributed by atoms with van der Waals surface area (Å²) >= 11 is 5.79. The van der Waals surface area contributed by atoms with E-state index in [-0.39, 0.29) is 18.2 Å². The molecule has 7 heteroatoms. The summed E-state index contributed by atoms with van der Waals surface area (Å²) in [4.78, 5) is 6.95. The Balaban J connectivity index is 1.72. The molecule has 2 aromatic heterocycles. The molecule has 3 atom stereocenters. The van der Waals surface area contributed by atoms with Crippen LogP contribution < -0.4 is 5.32 Å². The van der Waals surface area contributed by atoms with E-state index in [1.807, 2.05) is 18.3 Å². The van der Waals surface area contributed by atoms with Crippen molar-refractivity contribution < 1.29 is 9.47 Å². The lowest BCUT2D eigenvalue weighted by Gasteiger charge is -2.30. The molecule has 156 valence electrons. The first-order valence-corrected chi connectivity index (χ1v) is 10.8. The van der Waals surface area contributed by atoms with Crippen molar-refractivity contribution in [2.45, 2.75) is 51.4 Å². The number of methoxy groups -OCH3 is 1. The molecule has 4 rings (SSSR count). The van der Waals surface area contributed by atoms with Crippen LogP contribution in [0.1, 0.15) is 47.6 Å². The molecular formula is C22H30N4O2S. The Morgan fingerprint density at radius 3 is 2.90 bits per heavy atom. The van der Waals surface area contributed by atoms with Crippen molar-refractivity contribution in [2.75, 3.05) is 26.9 Å². The summed E-state index contributed by atoms with van der Waals surface area (Å²) in [5.74, 6) is 0. The Kier molecular flexibility index (Phi) is 6.18. The van der Waals surface area contributed by atoms with Gasteiger partial charge in [0, 0.05) is 44.4 Å². The van der Waals surface area contributed by atoms with Crippen LogP contribution in [0.25, 0.3) is 0 Å². The van der Waals surface area contributed by atoms with Crippen LogP contribution in [0.4, 0.5) is 0 Å². The van der Waals surface area contributed by atoms with Gasteiger partial charge in [-0.3, -0.25) is 4.98 Å². The number of pyridine rings is 1. The van der Waals surface area contributed by atoms with E-state index in [1.165, 1.54) is 17.0 Å².